The maximum atomic E-state index is 12.4. The van der Waals surface area contributed by atoms with E-state index in [0.29, 0.717) is 13.1 Å². The van der Waals surface area contributed by atoms with Crippen LogP contribution in [-0.4, -0.2) is 57.0 Å². The monoisotopic (exact) mass is 296 g/mol. The number of sulfone groups is 1. The van der Waals surface area contributed by atoms with Crippen LogP contribution in [0.1, 0.15) is 25.7 Å². The predicted molar refractivity (Wildman–Crippen MR) is 69.4 cm³/mol. The first kappa shape index (κ1) is 14.2. The van der Waals surface area contributed by atoms with Gasteiger partial charge in [-0.15, -0.1) is 0 Å². The second-order valence-corrected chi connectivity index (χ2v) is 9.50. The van der Waals surface area contributed by atoms with E-state index in [1.807, 2.05) is 0 Å². The van der Waals surface area contributed by atoms with Crippen LogP contribution in [0.15, 0.2) is 0 Å². The summed E-state index contributed by atoms with van der Waals surface area (Å²) in [6, 6.07) is 0.0945. The van der Waals surface area contributed by atoms with E-state index in [2.05, 4.69) is 0 Å². The lowest BCUT2D eigenvalue weighted by Crippen LogP contribution is -2.45. The van der Waals surface area contributed by atoms with Gasteiger partial charge in [-0.05, 0) is 25.7 Å². The molecule has 0 aromatic heterocycles. The number of rotatable bonds is 5. The highest BCUT2D eigenvalue weighted by molar-refractivity contribution is 7.92. The molecule has 0 aromatic rings. The summed E-state index contributed by atoms with van der Waals surface area (Å²) in [5.41, 5.74) is 5.46. The Morgan fingerprint density at radius 2 is 1.67 bits per heavy atom. The largest absolute Gasteiger partial charge is 0.329 e. The van der Waals surface area contributed by atoms with Gasteiger partial charge in [-0.25, -0.2) is 16.8 Å². The first-order chi connectivity index (χ1) is 8.37. The Bertz CT molecular complexity index is 482. The normalized spacial score (nSPS) is 25.4. The molecule has 0 aromatic carbocycles. The van der Waals surface area contributed by atoms with Gasteiger partial charge in [-0.1, -0.05) is 0 Å². The molecule has 106 valence electrons. The third-order valence-electron chi connectivity index (χ3n) is 3.55. The molecule has 2 aliphatic rings. The van der Waals surface area contributed by atoms with E-state index < -0.39 is 25.1 Å². The van der Waals surface area contributed by atoms with Gasteiger partial charge in [0, 0.05) is 19.1 Å². The van der Waals surface area contributed by atoms with Gasteiger partial charge in [0.25, 0.3) is 0 Å². The van der Waals surface area contributed by atoms with Gasteiger partial charge < -0.3 is 5.73 Å². The SMILES string of the molecule is NCCN(C1CC1)S(=O)(=O)C1CCS(=O)(=O)CC1. The van der Waals surface area contributed by atoms with E-state index >= 15 is 0 Å². The Kier molecular flexibility index (Phi) is 4.01. The number of nitrogens with two attached hydrogens (primary N) is 1. The lowest BCUT2D eigenvalue weighted by molar-refractivity contribution is 0.400. The van der Waals surface area contributed by atoms with Crippen molar-refractivity contribution in [2.45, 2.75) is 37.0 Å². The molecule has 1 heterocycles. The van der Waals surface area contributed by atoms with Gasteiger partial charge in [-0.2, -0.15) is 4.31 Å². The average molecular weight is 296 g/mol. The molecule has 1 saturated heterocycles. The van der Waals surface area contributed by atoms with Crippen molar-refractivity contribution in [2.24, 2.45) is 5.73 Å². The zero-order chi connectivity index (χ0) is 13.4. The quantitative estimate of drug-likeness (QED) is 0.724. The van der Waals surface area contributed by atoms with Crippen LogP contribution in [0, 0.1) is 0 Å². The molecule has 18 heavy (non-hydrogen) atoms. The first-order valence-corrected chi connectivity index (χ1v) is 9.60. The van der Waals surface area contributed by atoms with Gasteiger partial charge >= 0.3 is 0 Å². The van der Waals surface area contributed by atoms with E-state index in [1.54, 1.807) is 0 Å². The molecule has 2 N–H and O–H groups in total. The molecular formula is C10H20N2O4S2. The molecule has 2 fully saturated rings. The zero-order valence-electron chi connectivity index (χ0n) is 10.3. The standard InChI is InChI=1S/C10H20N2O4S2/c11-5-6-12(9-1-2-9)18(15,16)10-3-7-17(13,14)8-4-10/h9-10H,1-8,11H2. The topological polar surface area (TPSA) is 97.5 Å². The van der Waals surface area contributed by atoms with E-state index in [0.717, 1.165) is 12.8 Å². The Balaban J connectivity index is 2.10. The van der Waals surface area contributed by atoms with Crippen molar-refractivity contribution < 1.29 is 16.8 Å². The number of nitrogens with zero attached hydrogens (tertiary/aromatic N) is 1. The maximum Gasteiger partial charge on any atom is 0.217 e. The lowest BCUT2D eigenvalue weighted by atomic mass is 10.2. The summed E-state index contributed by atoms with van der Waals surface area (Å²) >= 11 is 0. The first-order valence-electron chi connectivity index (χ1n) is 6.28. The molecule has 0 atom stereocenters. The second kappa shape index (κ2) is 5.07. The van der Waals surface area contributed by atoms with E-state index in [4.69, 9.17) is 5.73 Å². The van der Waals surface area contributed by atoms with Crippen LogP contribution >= 0.6 is 0 Å². The summed E-state index contributed by atoms with van der Waals surface area (Å²) in [7, 11) is -6.41. The molecule has 0 bridgehead atoms. The molecule has 1 aliphatic heterocycles. The number of sulfonamides is 1. The maximum absolute atomic E-state index is 12.4. The van der Waals surface area contributed by atoms with E-state index in [9.17, 15) is 16.8 Å². The molecule has 0 radical (unpaired) electrons. The molecular weight excluding hydrogens is 276 g/mol. The Morgan fingerprint density at radius 3 is 2.11 bits per heavy atom. The van der Waals surface area contributed by atoms with Gasteiger partial charge in [0.1, 0.15) is 9.84 Å². The second-order valence-electron chi connectivity index (χ2n) is 5.03. The van der Waals surface area contributed by atoms with Crippen molar-refractivity contribution in [3.05, 3.63) is 0 Å². The van der Waals surface area contributed by atoms with Crippen molar-refractivity contribution in [1.29, 1.82) is 0 Å². The summed E-state index contributed by atoms with van der Waals surface area (Å²) < 4.78 is 49.1. The van der Waals surface area contributed by atoms with Crippen LogP contribution in [0.25, 0.3) is 0 Å². The Labute approximate surface area is 108 Å². The summed E-state index contributed by atoms with van der Waals surface area (Å²) in [4.78, 5) is 0. The minimum atomic E-state index is -3.38. The van der Waals surface area contributed by atoms with Crippen LogP contribution in [0.5, 0.6) is 0 Å². The lowest BCUT2D eigenvalue weighted by Gasteiger charge is -2.29. The van der Waals surface area contributed by atoms with Crippen molar-refractivity contribution in [1.82, 2.24) is 4.31 Å². The van der Waals surface area contributed by atoms with Gasteiger partial charge in [0.05, 0.1) is 16.8 Å². The third-order valence-corrected chi connectivity index (χ3v) is 7.72. The van der Waals surface area contributed by atoms with Crippen molar-refractivity contribution >= 4 is 19.9 Å². The fourth-order valence-electron chi connectivity index (χ4n) is 2.37. The van der Waals surface area contributed by atoms with Crippen LogP contribution in [0.3, 0.4) is 0 Å². The van der Waals surface area contributed by atoms with Crippen LogP contribution in [0.2, 0.25) is 0 Å². The molecule has 8 heteroatoms. The minimum Gasteiger partial charge on any atom is -0.329 e. The molecule has 0 unspecified atom stereocenters. The smallest absolute Gasteiger partial charge is 0.217 e. The minimum absolute atomic E-state index is 0.0158. The highest BCUT2D eigenvalue weighted by Gasteiger charge is 2.42. The highest BCUT2D eigenvalue weighted by atomic mass is 32.2. The zero-order valence-corrected chi connectivity index (χ0v) is 11.9. The van der Waals surface area contributed by atoms with Gasteiger partial charge in [-0.3, -0.25) is 0 Å². The van der Waals surface area contributed by atoms with Crippen molar-refractivity contribution in [2.75, 3.05) is 24.6 Å². The summed E-state index contributed by atoms with van der Waals surface area (Å²) in [6.07, 6.45) is 2.23. The Hall–Kier alpha value is -0.180. The molecule has 0 spiro atoms. The van der Waals surface area contributed by atoms with Crippen LogP contribution in [-0.2, 0) is 19.9 Å². The third kappa shape index (κ3) is 3.04. The van der Waals surface area contributed by atoms with E-state index in [-0.39, 0.29) is 30.4 Å². The summed E-state index contributed by atoms with van der Waals surface area (Å²) in [5.74, 6) is -0.0317. The van der Waals surface area contributed by atoms with Gasteiger partial charge in [0.2, 0.25) is 10.0 Å². The molecule has 1 saturated carbocycles. The van der Waals surface area contributed by atoms with Crippen LogP contribution in [0.4, 0.5) is 0 Å². The predicted octanol–water partition coefficient (Wildman–Crippen LogP) is -0.683. The van der Waals surface area contributed by atoms with E-state index in [1.165, 1.54) is 4.31 Å². The molecule has 6 nitrogen and oxygen atoms in total. The molecule has 0 amide bonds. The average Bonchev–Trinajstić information content (AvgIpc) is 3.09. The fourth-order valence-corrected chi connectivity index (χ4v) is 6.36. The van der Waals surface area contributed by atoms with Crippen LogP contribution < -0.4 is 5.73 Å². The summed E-state index contributed by atoms with van der Waals surface area (Å²) in [6.45, 7) is 0.650. The Morgan fingerprint density at radius 1 is 1.11 bits per heavy atom. The summed E-state index contributed by atoms with van der Waals surface area (Å²) in [5, 5.41) is -0.548. The van der Waals surface area contributed by atoms with Crippen molar-refractivity contribution in [3.8, 4) is 0 Å². The molecule has 1 aliphatic carbocycles. The highest BCUT2D eigenvalue weighted by Crippen LogP contribution is 2.32. The molecule has 2 rings (SSSR count). The van der Waals surface area contributed by atoms with Crippen molar-refractivity contribution in [3.63, 3.8) is 0 Å². The fraction of sp³-hybridized carbons (Fsp3) is 1.00. The van der Waals surface area contributed by atoms with Gasteiger partial charge in [0.15, 0.2) is 0 Å². The number of hydrogen-bond acceptors (Lipinski definition) is 5. The number of hydrogen-bond donors (Lipinski definition) is 1.